The number of aryl methyl sites for hydroxylation is 1. The number of thiazole rings is 1. The van der Waals surface area contributed by atoms with Crippen molar-refractivity contribution in [2.24, 2.45) is 0 Å². The van der Waals surface area contributed by atoms with Gasteiger partial charge in [0.1, 0.15) is 0 Å². The fraction of sp³-hybridized carbons (Fsp3) is 0.400. The van der Waals surface area contributed by atoms with Crippen LogP contribution in [0, 0.1) is 6.92 Å². The molecule has 0 N–H and O–H groups in total. The topological polar surface area (TPSA) is 65.3 Å². The molecule has 0 unspecified atom stereocenters. The molecule has 0 aliphatic rings. The lowest BCUT2D eigenvalue weighted by molar-refractivity contribution is 0.266. The van der Waals surface area contributed by atoms with Gasteiger partial charge in [-0.05, 0) is 31.2 Å². The van der Waals surface area contributed by atoms with Crippen LogP contribution in [-0.4, -0.2) is 42.2 Å². The summed E-state index contributed by atoms with van der Waals surface area (Å²) in [5, 5.41) is 0. The van der Waals surface area contributed by atoms with Crippen LogP contribution >= 0.6 is 11.3 Å². The van der Waals surface area contributed by atoms with E-state index in [1.54, 1.807) is 31.8 Å². The lowest BCUT2D eigenvalue weighted by Gasteiger charge is -2.21. The van der Waals surface area contributed by atoms with Crippen LogP contribution in [0.4, 0.5) is 0 Å². The second-order valence-corrected chi connectivity index (χ2v) is 7.63. The molecule has 2 aromatic heterocycles. The molecular weight excluding hydrogens is 378 g/mol. The number of fused-ring (bicyclic) bond motifs is 1. The summed E-state index contributed by atoms with van der Waals surface area (Å²) in [6.45, 7) is 6.11. The Morgan fingerprint density at radius 3 is 2.32 bits per heavy atom. The summed E-state index contributed by atoms with van der Waals surface area (Å²) in [5.41, 5.74) is 1.75. The highest BCUT2D eigenvalue weighted by molar-refractivity contribution is 7.16. The predicted molar refractivity (Wildman–Crippen MR) is 110 cm³/mol. The van der Waals surface area contributed by atoms with E-state index in [-0.39, 0.29) is 5.56 Å². The van der Waals surface area contributed by atoms with E-state index in [1.165, 1.54) is 11.3 Å². The number of hydrogen-bond acceptors (Lipinski definition) is 7. The number of rotatable bonds is 8. The van der Waals surface area contributed by atoms with Crippen molar-refractivity contribution >= 4 is 16.3 Å². The van der Waals surface area contributed by atoms with Crippen molar-refractivity contribution in [3.8, 4) is 17.2 Å². The Hall–Kier alpha value is -2.58. The van der Waals surface area contributed by atoms with E-state index >= 15 is 0 Å². The number of ether oxygens (including phenoxy) is 3. The third-order valence-electron chi connectivity index (χ3n) is 4.50. The number of nitrogens with zero attached hydrogens (tertiary/aromatic N) is 3. The maximum absolute atomic E-state index is 12.3. The van der Waals surface area contributed by atoms with Crippen LogP contribution in [-0.2, 0) is 13.1 Å². The Morgan fingerprint density at radius 2 is 1.75 bits per heavy atom. The van der Waals surface area contributed by atoms with Crippen molar-refractivity contribution in [2.45, 2.75) is 26.9 Å². The third-order valence-corrected chi connectivity index (χ3v) is 5.40. The van der Waals surface area contributed by atoms with Crippen LogP contribution in [0.15, 0.2) is 29.2 Å². The van der Waals surface area contributed by atoms with E-state index in [9.17, 15) is 4.79 Å². The van der Waals surface area contributed by atoms with Gasteiger partial charge in [0.15, 0.2) is 16.5 Å². The second-order valence-electron chi connectivity index (χ2n) is 6.42. The molecule has 7 nitrogen and oxygen atoms in total. The number of methoxy groups -OCH3 is 3. The van der Waals surface area contributed by atoms with Crippen molar-refractivity contribution in [1.82, 2.24) is 14.3 Å². The minimum atomic E-state index is -0.0480. The van der Waals surface area contributed by atoms with E-state index in [0.717, 1.165) is 27.6 Å². The van der Waals surface area contributed by atoms with Crippen molar-refractivity contribution in [2.75, 3.05) is 27.9 Å². The quantitative estimate of drug-likeness (QED) is 0.576. The van der Waals surface area contributed by atoms with E-state index < -0.39 is 0 Å². The molecule has 3 rings (SSSR count). The predicted octanol–water partition coefficient (Wildman–Crippen LogP) is 3.11. The van der Waals surface area contributed by atoms with Crippen LogP contribution in [0.1, 0.15) is 23.1 Å². The Bertz CT molecular complexity index is 1000. The first kappa shape index (κ1) is 20.2. The maximum Gasteiger partial charge on any atom is 0.258 e. The summed E-state index contributed by atoms with van der Waals surface area (Å²) < 4.78 is 17.9. The molecule has 28 heavy (non-hydrogen) atoms. The highest BCUT2D eigenvalue weighted by Crippen LogP contribution is 2.38. The van der Waals surface area contributed by atoms with Crippen molar-refractivity contribution in [1.29, 1.82) is 0 Å². The zero-order chi connectivity index (χ0) is 20.3. The third kappa shape index (κ3) is 4.13. The van der Waals surface area contributed by atoms with Crippen LogP contribution in [0.3, 0.4) is 0 Å². The fourth-order valence-electron chi connectivity index (χ4n) is 3.13. The van der Waals surface area contributed by atoms with Gasteiger partial charge in [-0.2, -0.15) is 0 Å². The van der Waals surface area contributed by atoms with Gasteiger partial charge in [-0.25, -0.2) is 4.98 Å². The lowest BCUT2D eigenvalue weighted by atomic mass is 10.1. The highest BCUT2D eigenvalue weighted by Gasteiger charge is 2.15. The smallest absolute Gasteiger partial charge is 0.258 e. The SMILES string of the molecule is CCN(Cc1cc(OC)c(OC)c(OC)c1)Cc1cc(=O)n2cc(C)sc2n1. The van der Waals surface area contributed by atoms with Crippen LogP contribution in [0.2, 0.25) is 0 Å². The van der Waals surface area contributed by atoms with Gasteiger partial charge in [-0.1, -0.05) is 6.92 Å². The molecule has 0 radical (unpaired) electrons. The summed E-state index contributed by atoms with van der Waals surface area (Å²) in [5.74, 6) is 1.82. The maximum atomic E-state index is 12.3. The summed E-state index contributed by atoms with van der Waals surface area (Å²) >= 11 is 1.52. The monoisotopic (exact) mass is 403 g/mol. The molecule has 3 aromatic rings. The van der Waals surface area contributed by atoms with Crippen molar-refractivity contribution < 1.29 is 14.2 Å². The average molecular weight is 404 g/mol. The minimum Gasteiger partial charge on any atom is -0.493 e. The van der Waals surface area contributed by atoms with Gasteiger partial charge in [0.2, 0.25) is 5.75 Å². The number of aromatic nitrogens is 2. The van der Waals surface area contributed by atoms with Gasteiger partial charge < -0.3 is 14.2 Å². The summed E-state index contributed by atoms with van der Waals surface area (Å²) in [6, 6.07) is 5.49. The zero-order valence-electron chi connectivity index (χ0n) is 16.8. The van der Waals surface area contributed by atoms with Crippen LogP contribution in [0.25, 0.3) is 4.96 Å². The van der Waals surface area contributed by atoms with Gasteiger partial charge >= 0.3 is 0 Å². The first-order valence-corrected chi connectivity index (χ1v) is 9.80. The Labute approximate surface area is 168 Å². The summed E-state index contributed by atoms with van der Waals surface area (Å²) in [4.78, 5) is 21.0. The zero-order valence-corrected chi connectivity index (χ0v) is 17.6. The van der Waals surface area contributed by atoms with E-state index in [0.29, 0.717) is 30.3 Å². The normalized spacial score (nSPS) is 11.2. The Morgan fingerprint density at radius 1 is 1.07 bits per heavy atom. The van der Waals surface area contributed by atoms with Gasteiger partial charge in [0.05, 0.1) is 27.0 Å². The molecule has 0 aliphatic heterocycles. The van der Waals surface area contributed by atoms with Crippen LogP contribution < -0.4 is 19.8 Å². The molecule has 8 heteroatoms. The van der Waals surface area contributed by atoms with Crippen molar-refractivity contribution in [3.63, 3.8) is 0 Å². The molecule has 2 heterocycles. The Kier molecular flexibility index (Phi) is 6.21. The first-order valence-electron chi connectivity index (χ1n) is 8.99. The highest BCUT2D eigenvalue weighted by atomic mass is 32.1. The van der Waals surface area contributed by atoms with Gasteiger partial charge in [0.25, 0.3) is 5.56 Å². The summed E-state index contributed by atoms with van der Waals surface area (Å²) in [6.07, 6.45) is 1.83. The summed E-state index contributed by atoms with van der Waals surface area (Å²) in [7, 11) is 4.80. The molecule has 150 valence electrons. The van der Waals surface area contributed by atoms with E-state index in [1.807, 2.05) is 25.3 Å². The van der Waals surface area contributed by atoms with E-state index in [4.69, 9.17) is 14.2 Å². The lowest BCUT2D eigenvalue weighted by Crippen LogP contribution is -2.24. The molecule has 0 spiro atoms. The number of hydrogen-bond donors (Lipinski definition) is 0. The molecule has 1 aromatic carbocycles. The molecule has 0 saturated heterocycles. The van der Waals surface area contributed by atoms with Crippen LogP contribution in [0.5, 0.6) is 17.2 Å². The molecule has 0 bridgehead atoms. The molecule has 0 atom stereocenters. The van der Waals surface area contributed by atoms with Crippen molar-refractivity contribution in [3.05, 3.63) is 50.9 Å². The molecule has 0 saturated carbocycles. The average Bonchev–Trinajstić information content (AvgIpc) is 3.07. The van der Waals surface area contributed by atoms with Gasteiger partial charge in [0, 0.05) is 30.2 Å². The fourth-order valence-corrected chi connectivity index (χ4v) is 3.98. The van der Waals surface area contributed by atoms with Gasteiger partial charge in [-0.3, -0.25) is 14.1 Å². The minimum absolute atomic E-state index is 0.0480. The first-order chi connectivity index (χ1) is 13.5. The number of benzene rings is 1. The molecule has 0 fully saturated rings. The van der Waals surface area contributed by atoms with E-state index in [2.05, 4.69) is 16.8 Å². The molecular formula is C20H25N3O4S. The second kappa shape index (κ2) is 8.62. The molecule has 0 amide bonds. The Balaban J connectivity index is 1.86. The molecule has 0 aliphatic carbocycles. The van der Waals surface area contributed by atoms with Gasteiger partial charge in [-0.15, -0.1) is 11.3 Å². The largest absolute Gasteiger partial charge is 0.493 e. The standard InChI is InChI=1S/C20H25N3O4S/c1-6-22(11-14-7-16(25-3)19(27-5)17(8-14)26-4)12-15-9-18(24)23-10-13(2)28-20(23)21-15/h7-10H,6,11-12H2,1-5H3.